The molecule has 0 bridgehead atoms. The number of benzene rings is 18. The minimum absolute atomic E-state index is 0.638. The minimum atomic E-state index is 0.638. The summed E-state index contributed by atoms with van der Waals surface area (Å²) in [6.07, 6.45) is 0. The number of nitrogens with zero attached hydrogens (tertiary/aromatic N) is 6. The molecule has 538 valence electrons. The zero-order chi connectivity index (χ0) is 76.1. The fraction of sp³-hybridized carbons (Fsp3) is 0. The largest absolute Gasteiger partial charge is 0.309 e. The van der Waals surface area contributed by atoms with Crippen molar-refractivity contribution in [3.05, 3.63) is 413 Å². The van der Waals surface area contributed by atoms with E-state index < -0.39 is 0 Å². The monoisotopic (exact) mass is 1470 g/mol. The lowest BCUT2D eigenvalue weighted by Gasteiger charge is -2.17. The zero-order valence-electron chi connectivity index (χ0n) is 62.9. The Hall–Kier alpha value is -15.5. The van der Waals surface area contributed by atoms with Crippen molar-refractivity contribution in [3.63, 3.8) is 0 Å². The lowest BCUT2D eigenvalue weighted by Crippen LogP contribution is -2.02. The van der Waals surface area contributed by atoms with Crippen molar-refractivity contribution < 1.29 is 0 Å². The second-order valence-corrected chi connectivity index (χ2v) is 30.8. The van der Waals surface area contributed by atoms with E-state index in [0.29, 0.717) is 5.82 Å². The van der Waals surface area contributed by atoms with Gasteiger partial charge >= 0.3 is 0 Å². The third kappa shape index (κ3) is 10.4. The maximum absolute atomic E-state index is 5.86. The van der Waals surface area contributed by atoms with Gasteiger partial charge in [-0.05, 0) is 223 Å². The van der Waals surface area contributed by atoms with Gasteiger partial charge in [0.1, 0.15) is 0 Å². The quantitative estimate of drug-likeness (QED) is 0.122. The fourth-order valence-electron chi connectivity index (χ4n) is 18.9. The molecule has 0 radical (unpaired) electrons. The van der Waals surface area contributed by atoms with E-state index in [2.05, 4.69) is 431 Å². The molecule has 23 aromatic rings. The van der Waals surface area contributed by atoms with Crippen LogP contribution in [0.3, 0.4) is 0 Å². The molecule has 6 nitrogen and oxygen atoms in total. The molecule has 0 unspecified atom stereocenters. The van der Waals surface area contributed by atoms with Crippen LogP contribution < -0.4 is 0 Å². The molecule has 1 aliphatic rings. The first kappa shape index (κ1) is 65.2. The van der Waals surface area contributed by atoms with Crippen LogP contribution in [-0.4, -0.2) is 28.2 Å². The van der Waals surface area contributed by atoms with Crippen molar-refractivity contribution in [2.24, 2.45) is 0 Å². The molecule has 24 rings (SSSR count). The lowest BCUT2D eigenvalue weighted by atomic mass is 9.98. The second-order valence-electron chi connectivity index (χ2n) is 30.8. The zero-order valence-corrected chi connectivity index (χ0v) is 62.9. The van der Waals surface area contributed by atoms with E-state index in [4.69, 9.17) is 9.97 Å². The van der Waals surface area contributed by atoms with E-state index in [1.54, 1.807) is 0 Å². The summed E-state index contributed by atoms with van der Waals surface area (Å²) in [5, 5.41) is 11.8. The Labute approximate surface area is 668 Å². The first-order valence-electron chi connectivity index (χ1n) is 39.8. The third-order valence-corrected chi connectivity index (χ3v) is 24.2. The maximum atomic E-state index is 5.86. The molecule has 5 heterocycles. The van der Waals surface area contributed by atoms with Crippen LogP contribution in [0.15, 0.2) is 413 Å². The van der Waals surface area contributed by atoms with Crippen LogP contribution in [0.25, 0.3) is 233 Å². The molecular weight excluding hydrogens is 1410 g/mol. The summed E-state index contributed by atoms with van der Waals surface area (Å²) in [6, 6.07) is 152. The van der Waals surface area contributed by atoms with E-state index in [0.717, 1.165) is 161 Å². The average molecular weight is 1470 g/mol. The van der Waals surface area contributed by atoms with Gasteiger partial charge in [-0.15, -0.1) is 0 Å². The van der Waals surface area contributed by atoms with Crippen molar-refractivity contribution in [3.8, 4) is 135 Å². The number of hydrogen-bond acceptors (Lipinski definition) is 2. The van der Waals surface area contributed by atoms with Crippen molar-refractivity contribution in [2.75, 3.05) is 0 Å². The molecule has 5 aromatic heterocycles. The van der Waals surface area contributed by atoms with Crippen LogP contribution in [0.4, 0.5) is 0 Å². The summed E-state index contributed by atoms with van der Waals surface area (Å²) >= 11 is 0. The Morgan fingerprint density at radius 1 is 0.164 bits per heavy atom. The van der Waals surface area contributed by atoms with Gasteiger partial charge < -0.3 is 18.3 Å². The first-order valence-corrected chi connectivity index (χ1v) is 39.8. The Morgan fingerprint density at radius 3 is 0.733 bits per heavy atom. The SMILES string of the molecule is c1ccc(-c2ccc3c(c2)c2cc(-c4ccc5c(c4)c4cc(-c6ccccc6)ccc4n5-c4cc(-c5nc(-c6ccccc6)c6c(n5)-c5cccc7cccc-6c57)cc(-n5c6ccc(-c7ccccc7)cc6c6cc(-c7ccc8c(c7)c7cc(-c9ccccc9)ccc7n8-c7ccccc7)ccc65)c4)ccc2n3-c2ccccc2)cc1. The van der Waals surface area contributed by atoms with Crippen LogP contribution in [0.2, 0.25) is 0 Å². The van der Waals surface area contributed by atoms with Crippen molar-refractivity contribution in [1.82, 2.24) is 28.2 Å². The van der Waals surface area contributed by atoms with E-state index in [-0.39, 0.29) is 0 Å². The Kier molecular flexibility index (Phi) is 14.7. The number of hydrogen-bond donors (Lipinski definition) is 0. The van der Waals surface area contributed by atoms with Crippen LogP contribution in [0.5, 0.6) is 0 Å². The highest BCUT2D eigenvalue weighted by atomic mass is 15.0. The molecule has 1 aliphatic carbocycles. The second kappa shape index (κ2) is 26.1. The van der Waals surface area contributed by atoms with Gasteiger partial charge in [0.15, 0.2) is 5.82 Å². The van der Waals surface area contributed by atoms with Crippen molar-refractivity contribution >= 4 is 98.0 Å². The summed E-state index contributed by atoms with van der Waals surface area (Å²) in [4.78, 5) is 11.7. The Balaban J connectivity index is 0.749. The van der Waals surface area contributed by atoms with Gasteiger partial charge in [-0.2, -0.15) is 0 Å². The highest BCUT2D eigenvalue weighted by Gasteiger charge is 2.30. The fourth-order valence-corrected chi connectivity index (χ4v) is 18.9. The lowest BCUT2D eigenvalue weighted by molar-refractivity contribution is 1.12. The molecule has 6 heteroatoms. The van der Waals surface area contributed by atoms with E-state index in [9.17, 15) is 0 Å². The van der Waals surface area contributed by atoms with E-state index in [1.807, 2.05) is 0 Å². The first-order chi connectivity index (χ1) is 57.5. The van der Waals surface area contributed by atoms with Gasteiger partial charge in [0.25, 0.3) is 0 Å². The van der Waals surface area contributed by atoms with Crippen molar-refractivity contribution in [1.29, 1.82) is 0 Å². The predicted octanol–water partition coefficient (Wildman–Crippen LogP) is 29.0. The van der Waals surface area contributed by atoms with Gasteiger partial charge in [-0.25, -0.2) is 9.97 Å². The molecule has 0 amide bonds. The summed E-state index contributed by atoms with van der Waals surface area (Å²) in [6.45, 7) is 0. The Morgan fingerprint density at radius 2 is 0.422 bits per heavy atom. The number of fused-ring (bicyclic) bond motifs is 15. The molecular formula is C110H68N6. The van der Waals surface area contributed by atoms with Gasteiger partial charge in [0, 0.05) is 88.1 Å². The molecule has 0 atom stereocenters. The normalized spacial score (nSPS) is 12.0. The summed E-state index contributed by atoms with van der Waals surface area (Å²) in [5.74, 6) is 0.638. The van der Waals surface area contributed by atoms with Gasteiger partial charge in [0.2, 0.25) is 0 Å². The predicted molar refractivity (Wildman–Crippen MR) is 485 cm³/mol. The van der Waals surface area contributed by atoms with Crippen LogP contribution in [0, 0.1) is 0 Å². The highest BCUT2D eigenvalue weighted by molar-refractivity contribution is 6.19. The molecule has 0 N–H and O–H groups in total. The van der Waals surface area contributed by atoms with Crippen LogP contribution in [-0.2, 0) is 0 Å². The molecule has 0 saturated heterocycles. The van der Waals surface area contributed by atoms with Gasteiger partial charge in [0.05, 0.1) is 55.5 Å². The molecule has 0 aliphatic heterocycles. The highest BCUT2D eigenvalue weighted by Crippen LogP contribution is 2.52. The molecule has 0 fully saturated rings. The van der Waals surface area contributed by atoms with Crippen LogP contribution in [0.1, 0.15) is 0 Å². The van der Waals surface area contributed by atoms with E-state index >= 15 is 0 Å². The molecule has 116 heavy (non-hydrogen) atoms. The number of para-hydroxylation sites is 2. The van der Waals surface area contributed by atoms with Crippen molar-refractivity contribution in [2.45, 2.75) is 0 Å². The number of aromatic nitrogens is 6. The average Bonchev–Trinajstić information content (AvgIpc) is 1.56. The summed E-state index contributed by atoms with van der Waals surface area (Å²) < 4.78 is 9.81. The maximum Gasteiger partial charge on any atom is 0.160 e. The molecule has 0 spiro atoms. The standard InChI is InChI=1S/C110H68N6/c1-8-24-69(25-9-1)75-42-50-98-90(60-75)94-64-79(46-54-100(94)113(98)84-36-18-6-19-37-84)81-48-56-104-96(66-81)92-62-77(71-28-12-3-13-29-71)44-52-102(92)115(104)86-58-83(110-111-108(74-32-16-5-17-33-74)107-88-40-22-34-73-35-23-41-89(106(73)88)109(107)112-110)59-87(68-86)116-103-53-45-78(72-30-14-4-15-31-72)63-93(103)97-67-82(49-57-105(97)116)80-47-55-101-95(65-80)91-61-76(70-26-10-2-11-27-70)43-51-99(91)114(101)85-38-20-7-21-39-85/h1-68H. The molecule has 18 aromatic carbocycles. The van der Waals surface area contributed by atoms with Gasteiger partial charge in [-0.3, -0.25) is 0 Å². The smallest absolute Gasteiger partial charge is 0.160 e. The minimum Gasteiger partial charge on any atom is -0.309 e. The molecule has 0 saturated carbocycles. The summed E-state index contributed by atoms with van der Waals surface area (Å²) in [7, 11) is 0. The Bertz CT molecular complexity index is 7570. The topological polar surface area (TPSA) is 45.5 Å². The third-order valence-electron chi connectivity index (χ3n) is 24.2. The summed E-state index contributed by atoms with van der Waals surface area (Å²) in [5.41, 5.74) is 34.1. The number of rotatable bonds is 12. The van der Waals surface area contributed by atoms with Gasteiger partial charge in [-0.1, -0.05) is 273 Å². The van der Waals surface area contributed by atoms with E-state index in [1.165, 1.54) is 65.6 Å². The van der Waals surface area contributed by atoms with Crippen LogP contribution >= 0.6 is 0 Å².